The molecule has 0 aliphatic heterocycles. The Labute approximate surface area is 161 Å². The molecule has 26 heavy (non-hydrogen) atoms. The Morgan fingerprint density at radius 3 is 2.19 bits per heavy atom. The van der Waals surface area contributed by atoms with Gasteiger partial charge in [-0.2, -0.15) is 0 Å². The number of rotatable bonds is 7. The van der Waals surface area contributed by atoms with Gasteiger partial charge in [-0.25, -0.2) is 4.79 Å². The van der Waals surface area contributed by atoms with Gasteiger partial charge in [0.1, 0.15) is 11.5 Å². The number of esters is 1. The van der Waals surface area contributed by atoms with Gasteiger partial charge in [-0.1, -0.05) is 23.2 Å². The van der Waals surface area contributed by atoms with E-state index in [9.17, 15) is 9.59 Å². The van der Waals surface area contributed by atoms with E-state index < -0.39 is 18.2 Å². The van der Waals surface area contributed by atoms with Crippen LogP contribution in [0.25, 0.3) is 0 Å². The van der Waals surface area contributed by atoms with Crippen LogP contribution < -0.4 is 9.47 Å². The van der Waals surface area contributed by atoms with Crippen molar-refractivity contribution in [3.8, 4) is 11.5 Å². The Hall–Kier alpha value is -2.24. The van der Waals surface area contributed by atoms with Crippen LogP contribution in [0.15, 0.2) is 42.5 Å². The van der Waals surface area contributed by atoms with E-state index in [1.807, 2.05) is 0 Å². The van der Waals surface area contributed by atoms with Gasteiger partial charge >= 0.3 is 5.97 Å². The van der Waals surface area contributed by atoms with E-state index in [1.54, 1.807) is 36.4 Å². The van der Waals surface area contributed by atoms with Gasteiger partial charge in [-0.15, -0.1) is 0 Å². The largest absolute Gasteiger partial charge is 0.497 e. The first kappa shape index (κ1) is 20.1. The maximum atomic E-state index is 12.4. The first-order chi connectivity index (χ1) is 12.3. The molecule has 0 unspecified atom stereocenters. The minimum absolute atomic E-state index is 0.277. The van der Waals surface area contributed by atoms with Crippen LogP contribution in [-0.4, -0.2) is 31.1 Å². The Bertz CT molecular complexity index is 789. The van der Waals surface area contributed by atoms with Crippen LogP contribution in [-0.2, 0) is 9.53 Å². The van der Waals surface area contributed by atoms with Crippen LogP contribution in [0, 0.1) is 0 Å². The molecule has 0 aliphatic rings. The summed E-state index contributed by atoms with van der Waals surface area (Å²) >= 11 is 11.8. The number of hydrogen-bond donors (Lipinski definition) is 0. The lowest BCUT2D eigenvalue weighted by molar-refractivity contribution is -0.153. The Morgan fingerprint density at radius 2 is 1.62 bits per heavy atom. The number of benzene rings is 2. The van der Waals surface area contributed by atoms with Crippen LogP contribution in [0.1, 0.15) is 24.2 Å². The molecule has 138 valence electrons. The lowest BCUT2D eigenvalue weighted by Gasteiger charge is -2.18. The highest BCUT2D eigenvalue weighted by atomic mass is 35.5. The predicted molar refractivity (Wildman–Crippen MR) is 99.4 cm³/mol. The van der Waals surface area contributed by atoms with Crippen LogP contribution in [0.3, 0.4) is 0 Å². The molecular weight excluding hydrogens is 379 g/mol. The summed E-state index contributed by atoms with van der Waals surface area (Å²) in [5, 5.41) is 0.732. The number of halogens is 2. The highest BCUT2D eigenvalue weighted by molar-refractivity contribution is 6.35. The van der Waals surface area contributed by atoms with Crippen molar-refractivity contribution in [2.75, 3.05) is 7.11 Å². The van der Waals surface area contributed by atoms with Gasteiger partial charge < -0.3 is 14.2 Å². The standard InChI is InChI=1S/C19H18Cl2O5/c1-11(18(22)13-4-7-15(24-3)8-5-13)26-19(23)12(2)25-17-9-6-14(20)10-16(17)21/h4-12H,1-3H3/t11-,12+/m0/s1. The first-order valence-electron chi connectivity index (χ1n) is 7.82. The number of hydrogen-bond acceptors (Lipinski definition) is 5. The number of carbonyl (C=O) groups excluding carboxylic acids is 2. The molecule has 0 aliphatic carbocycles. The van der Waals surface area contributed by atoms with E-state index in [0.717, 1.165) is 0 Å². The summed E-state index contributed by atoms with van der Waals surface area (Å²) in [7, 11) is 1.54. The average Bonchev–Trinajstić information content (AvgIpc) is 2.63. The molecule has 0 heterocycles. The van der Waals surface area contributed by atoms with Gasteiger partial charge in [0.15, 0.2) is 12.2 Å². The van der Waals surface area contributed by atoms with Gasteiger partial charge in [0, 0.05) is 10.6 Å². The fourth-order valence-electron chi connectivity index (χ4n) is 2.12. The van der Waals surface area contributed by atoms with Crippen molar-refractivity contribution in [2.24, 2.45) is 0 Å². The van der Waals surface area contributed by atoms with Crippen LogP contribution >= 0.6 is 23.2 Å². The van der Waals surface area contributed by atoms with Crippen molar-refractivity contribution in [1.82, 2.24) is 0 Å². The van der Waals surface area contributed by atoms with Crippen LogP contribution in [0.2, 0.25) is 10.0 Å². The molecular formula is C19H18Cl2O5. The minimum atomic E-state index is -0.956. The van der Waals surface area contributed by atoms with E-state index in [2.05, 4.69) is 0 Å². The molecule has 2 aromatic carbocycles. The van der Waals surface area contributed by atoms with Gasteiger partial charge in [0.2, 0.25) is 5.78 Å². The molecule has 0 aromatic heterocycles. The number of carbonyl (C=O) groups is 2. The summed E-state index contributed by atoms with van der Waals surface area (Å²) in [4.78, 5) is 24.5. The zero-order chi connectivity index (χ0) is 19.3. The third kappa shape index (κ3) is 5.13. The molecule has 0 saturated heterocycles. The summed E-state index contributed by atoms with van der Waals surface area (Å²) in [6.45, 7) is 3.02. The van der Waals surface area contributed by atoms with E-state index in [1.165, 1.54) is 27.0 Å². The summed E-state index contributed by atoms with van der Waals surface area (Å²) < 4.78 is 15.7. The topological polar surface area (TPSA) is 61.8 Å². The highest BCUT2D eigenvalue weighted by Crippen LogP contribution is 2.28. The van der Waals surface area contributed by atoms with Gasteiger partial charge in [-0.05, 0) is 56.3 Å². The van der Waals surface area contributed by atoms with Crippen molar-refractivity contribution < 1.29 is 23.8 Å². The first-order valence-corrected chi connectivity index (χ1v) is 8.58. The van der Waals surface area contributed by atoms with Gasteiger partial charge in [-0.3, -0.25) is 4.79 Å². The molecule has 0 N–H and O–H groups in total. The lowest BCUT2D eigenvalue weighted by Crippen LogP contribution is -2.32. The maximum Gasteiger partial charge on any atom is 0.347 e. The summed E-state index contributed by atoms with van der Waals surface area (Å²) in [6.07, 6.45) is -1.90. The molecule has 0 fully saturated rings. The zero-order valence-electron chi connectivity index (χ0n) is 14.5. The van der Waals surface area contributed by atoms with E-state index >= 15 is 0 Å². The molecule has 0 saturated carbocycles. The number of ether oxygens (including phenoxy) is 3. The van der Waals surface area contributed by atoms with E-state index in [-0.39, 0.29) is 10.8 Å². The molecule has 7 heteroatoms. The number of Topliss-reactive ketones (excluding diaryl/α,β-unsaturated/α-hetero) is 1. The van der Waals surface area contributed by atoms with E-state index in [4.69, 9.17) is 37.4 Å². The van der Waals surface area contributed by atoms with Crippen molar-refractivity contribution in [3.05, 3.63) is 58.1 Å². The minimum Gasteiger partial charge on any atom is -0.497 e. The van der Waals surface area contributed by atoms with Crippen LogP contribution in [0.4, 0.5) is 0 Å². The fraction of sp³-hybridized carbons (Fsp3) is 0.263. The molecule has 0 radical (unpaired) electrons. The third-order valence-corrected chi connectivity index (χ3v) is 4.10. The Kier molecular flexibility index (Phi) is 6.89. The zero-order valence-corrected chi connectivity index (χ0v) is 16.0. The number of methoxy groups -OCH3 is 1. The molecule has 5 nitrogen and oxygen atoms in total. The van der Waals surface area contributed by atoms with Crippen molar-refractivity contribution >= 4 is 35.0 Å². The fourth-order valence-corrected chi connectivity index (χ4v) is 2.58. The number of ketones is 1. The second-order valence-corrected chi connectivity index (χ2v) is 6.35. The normalized spacial score (nSPS) is 12.8. The molecule has 2 rings (SSSR count). The molecule has 0 bridgehead atoms. The quantitative estimate of drug-likeness (QED) is 0.506. The second kappa shape index (κ2) is 8.92. The Morgan fingerprint density at radius 1 is 0.962 bits per heavy atom. The van der Waals surface area contributed by atoms with Crippen molar-refractivity contribution in [3.63, 3.8) is 0 Å². The Balaban J connectivity index is 1.97. The molecule has 0 amide bonds. The third-order valence-electron chi connectivity index (χ3n) is 3.57. The smallest absolute Gasteiger partial charge is 0.347 e. The van der Waals surface area contributed by atoms with Crippen molar-refractivity contribution in [2.45, 2.75) is 26.1 Å². The second-order valence-electron chi connectivity index (χ2n) is 5.51. The van der Waals surface area contributed by atoms with E-state index in [0.29, 0.717) is 22.1 Å². The monoisotopic (exact) mass is 396 g/mol. The van der Waals surface area contributed by atoms with Crippen LogP contribution in [0.5, 0.6) is 11.5 Å². The van der Waals surface area contributed by atoms with Crippen molar-refractivity contribution in [1.29, 1.82) is 0 Å². The molecule has 2 atom stereocenters. The summed E-state index contributed by atoms with van der Waals surface area (Å²) in [5.41, 5.74) is 0.417. The highest BCUT2D eigenvalue weighted by Gasteiger charge is 2.24. The van der Waals surface area contributed by atoms with Gasteiger partial charge in [0.25, 0.3) is 0 Å². The lowest BCUT2D eigenvalue weighted by atomic mass is 10.1. The predicted octanol–water partition coefficient (Wildman–Crippen LogP) is 4.58. The molecule has 2 aromatic rings. The SMILES string of the molecule is COc1ccc(C(=O)[C@H](C)OC(=O)[C@@H](C)Oc2ccc(Cl)cc2Cl)cc1. The maximum absolute atomic E-state index is 12.4. The summed E-state index contributed by atoms with van der Waals surface area (Å²) in [5.74, 6) is -0.0641. The van der Waals surface area contributed by atoms with Gasteiger partial charge in [0.05, 0.1) is 12.1 Å². The average molecular weight is 397 g/mol. The molecule has 0 spiro atoms. The summed E-state index contributed by atoms with van der Waals surface area (Å²) in [6, 6.07) is 11.2.